The van der Waals surface area contributed by atoms with Gasteiger partial charge >= 0.3 is 0 Å². The molecule has 5 nitrogen and oxygen atoms in total. The number of aromatic nitrogens is 3. The van der Waals surface area contributed by atoms with Gasteiger partial charge in [-0.1, -0.05) is 6.07 Å². The fourth-order valence-corrected chi connectivity index (χ4v) is 2.47. The molecule has 1 atom stereocenters. The van der Waals surface area contributed by atoms with Crippen LogP contribution in [0.3, 0.4) is 0 Å². The van der Waals surface area contributed by atoms with Crippen LogP contribution in [0.1, 0.15) is 12.5 Å². The van der Waals surface area contributed by atoms with Gasteiger partial charge in [0.2, 0.25) is 0 Å². The number of hydrogen-bond donors (Lipinski definition) is 1. The van der Waals surface area contributed by atoms with Crippen molar-refractivity contribution in [2.45, 2.75) is 19.5 Å². The molecule has 0 aromatic carbocycles. The molecule has 5 heteroatoms. The Bertz CT molecular complexity index is 505. The maximum Gasteiger partial charge on any atom is 0.137 e. The van der Waals surface area contributed by atoms with E-state index in [1.54, 1.807) is 12.5 Å². The van der Waals surface area contributed by atoms with Crippen molar-refractivity contribution in [1.29, 1.82) is 0 Å². The number of nitrogens with one attached hydrogen (secondary N) is 1. The van der Waals surface area contributed by atoms with E-state index in [0.717, 1.165) is 32.0 Å². The molecule has 0 saturated carbocycles. The molecule has 19 heavy (non-hydrogen) atoms. The molecular weight excluding hydrogens is 238 g/mol. The molecule has 1 aliphatic rings. The van der Waals surface area contributed by atoms with Crippen molar-refractivity contribution < 1.29 is 0 Å². The van der Waals surface area contributed by atoms with Crippen molar-refractivity contribution in [3.8, 4) is 5.82 Å². The van der Waals surface area contributed by atoms with E-state index >= 15 is 0 Å². The fourth-order valence-electron chi connectivity index (χ4n) is 2.47. The first kappa shape index (κ1) is 12.3. The molecule has 0 unspecified atom stereocenters. The molecule has 3 rings (SSSR count). The molecule has 100 valence electrons. The Labute approximate surface area is 113 Å². The summed E-state index contributed by atoms with van der Waals surface area (Å²) >= 11 is 0. The highest BCUT2D eigenvalue weighted by molar-refractivity contribution is 5.25. The summed E-state index contributed by atoms with van der Waals surface area (Å²) < 4.78 is 1.91. The molecule has 1 fully saturated rings. The van der Waals surface area contributed by atoms with Gasteiger partial charge in [0.05, 0.1) is 0 Å². The van der Waals surface area contributed by atoms with E-state index in [2.05, 4.69) is 33.2 Å². The first-order valence-electron chi connectivity index (χ1n) is 6.70. The Morgan fingerprint density at radius 3 is 3.05 bits per heavy atom. The van der Waals surface area contributed by atoms with Crippen LogP contribution >= 0.6 is 0 Å². The predicted octanol–water partition coefficient (Wildman–Crippen LogP) is 1.06. The van der Waals surface area contributed by atoms with E-state index in [0.29, 0.717) is 6.04 Å². The number of piperazine rings is 1. The Morgan fingerprint density at radius 1 is 1.42 bits per heavy atom. The molecule has 3 heterocycles. The number of imidazole rings is 1. The van der Waals surface area contributed by atoms with Crippen LogP contribution in [0.5, 0.6) is 0 Å². The molecule has 0 bridgehead atoms. The van der Waals surface area contributed by atoms with Crippen molar-refractivity contribution >= 4 is 0 Å². The fraction of sp³-hybridized carbons (Fsp3) is 0.429. The third-order valence-electron chi connectivity index (χ3n) is 3.44. The van der Waals surface area contributed by atoms with Crippen LogP contribution in [0.2, 0.25) is 0 Å². The highest BCUT2D eigenvalue weighted by atomic mass is 15.2. The third-order valence-corrected chi connectivity index (χ3v) is 3.44. The van der Waals surface area contributed by atoms with Crippen LogP contribution in [0, 0.1) is 0 Å². The Hall–Kier alpha value is -1.72. The largest absolute Gasteiger partial charge is 0.312 e. The SMILES string of the molecule is C[C@@H]1CN(Cc2ccc(-n3ccnc3)nc2)CCN1. The Morgan fingerprint density at radius 2 is 2.37 bits per heavy atom. The van der Waals surface area contributed by atoms with E-state index in [9.17, 15) is 0 Å². The average Bonchev–Trinajstić information content (AvgIpc) is 2.94. The van der Waals surface area contributed by atoms with Crippen LogP contribution < -0.4 is 5.32 Å². The van der Waals surface area contributed by atoms with Crippen LogP contribution in [0.25, 0.3) is 5.82 Å². The number of rotatable bonds is 3. The van der Waals surface area contributed by atoms with Gasteiger partial charge in [0.15, 0.2) is 0 Å². The lowest BCUT2D eigenvalue weighted by Gasteiger charge is -2.31. The molecule has 0 radical (unpaired) electrons. The van der Waals surface area contributed by atoms with Gasteiger partial charge in [-0.05, 0) is 18.6 Å². The summed E-state index contributed by atoms with van der Waals surface area (Å²) in [5.41, 5.74) is 1.26. The van der Waals surface area contributed by atoms with Crippen LogP contribution in [-0.4, -0.2) is 45.1 Å². The van der Waals surface area contributed by atoms with Gasteiger partial charge in [0.25, 0.3) is 0 Å². The molecule has 1 saturated heterocycles. The zero-order valence-corrected chi connectivity index (χ0v) is 11.2. The van der Waals surface area contributed by atoms with Gasteiger partial charge < -0.3 is 5.32 Å². The first-order chi connectivity index (χ1) is 9.31. The number of pyridine rings is 1. The van der Waals surface area contributed by atoms with Crippen molar-refractivity contribution in [1.82, 2.24) is 24.8 Å². The van der Waals surface area contributed by atoms with Gasteiger partial charge in [-0.15, -0.1) is 0 Å². The summed E-state index contributed by atoms with van der Waals surface area (Å²) in [5, 5.41) is 3.46. The summed E-state index contributed by atoms with van der Waals surface area (Å²) in [6.45, 7) is 6.48. The standard InChI is InChI=1S/C14H19N5/c1-12-9-18(6-5-16-12)10-13-2-3-14(17-8-13)19-7-4-15-11-19/h2-4,7-8,11-12,16H,5-6,9-10H2,1H3/t12-/m1/s1. The maximum absolute atomic E-state index is 4.49. The molecular formula is C14H19N5. The van der Waals surface area contributed by atoms with Gasteiger partial charge in [-0.2, -0.15) is 0 Å². The molecule has 0 amide bonds. The zero-order valence-electron chi connectivity index (χ0n) is 11.2. The average molecular weight is 257 g/mol. The Kier molecular flexibility index (Phi) is 3.57. The second-order valence-corrected chi connectivity index (χ2v) is 5.08. The topological polar surface area (TPSA) is 46.0 Å². The van der Waals surface area contributed by atoms with E-state index in [1.807, 2.05) is 23.0 Å². The number of hydrogen-bond acceptors (Lipinski definition) is 4. The molecule has 1 aliphatic heterocycles. The molecule has 2 aromatic heterocycles. The molecule has 0 spiro atoms. The minimum atomic E-state index is 0.576. The second kappa shape index (κ2) is 5.50. The zero-order chi connectivity index (χ0) is 13.1. The normalized spacial score (nSPS) is 20.6. The van der Waals surface area contributed by atoms with Gasteiger partial charge in [-0.3, -0.25) is 9.47 Å². The van der Waals surface area contributed by atoms with Crippen LogP contribution in [-0.2, 0) is 6.54 Å². The summed E-state index contributed by atoms with van der Waals surface area (Å²) in [5.74, 6) is 0.912. The first-order valence-corrected chi connectivity index (χ1v) is 6.70. The summed E-state index contributed by atoms with van der Waals surface area (Å²) in [4.78, 5) is 11.0. The van der Waals surface area contributed by atoms with Gasteiger partial charge in [0, 0.05) is 50.8 Å². The van der Waals surface area contributed by atoms with Gasteiger partial charge in [0.1, 0.15) is 12.1 Å². The van der Waals surface area contributed by atoms with Crippen LogP contribution in [0.4, 0.5) is 0 Å². The van der Waals surface area contributed by atoms with Crippen molar-refractivity contribution in [2.24, 2.45) is 0 Å². The lowest BCUT2D eigenvalue weighted by atomic mass is 10.2. The van der Waals surface area contributed by atoms with E-state index in [-0.39, 0.29) is 0 Å². The maximum atomic E-state index is 4.49. The highest BCUT2D eigenvalue weighted by Gasteiger charge is 2.15. The van der Waals surface area contributed by atoms with Crippen molar-refractivity contribution in [3.05, 3.63) is 42.6 Å². The van der Waals surface area contributed by atoms with E-state index < -0.39 is 0 Å². The predicted molar refractivity (Wildman–Crippen MR) is 74.1 cm³/mol. The lowest BCUT2D eigenvalue weighted by Crippen LogP contribution is -2.48. The minimum Gasteiger partial charge on any atom is -0.312 e. The summed E-state index contributed by atoms with van der Waals surface area (Å²) in [6, 6.07) is 4.77. The molecule has 1 N–H and O–H groups in total. The minimum absolute atomic E-state index is 0.576. The molecule has 0 aliphatic carbocycles. The van der Waals surface area contributed by atoms with Gasteiger partial charge in [-0.25, -0.2) is 9.97 Å². The smallest absolute Gasteiger partial charge is 0.137 e. The van der Waals surface area contributed by atoms with Crippen molar-refractivity contribution in [2.75, 3.05) is 19.6 Å². The van der Waals surface area contributed by atoms with E-state index in [4.69, 9.17) is 0 Å². The highest BCUT2D eigenvalue weighted by Crippen LogP contribution is 2.09. The number of nitrogens with zero attached hydrogens (tertiary/aromatic N) is 4. The molecule has 2 aromatic rings. The summed E-state index contributed by atoms with van der Waals surface area (Å²) in [7, 11) is 0. The lowest BCUT2D eigenvalue weighted by molar-refractivity contribution is 0.199. The van der Waals surface area contributed by atoms with Crippen LogP contribution in [0.15, 0.2) is 37.1 Å². The monoisotopic (exact) mass is 257 g/mol. The van der Waals surface area contributed by atoms with Crippen molar-refractivity contribution in [3.63, 3.8) is 0 Å². The Balaban J connectivity index is 1.66. The third kappa shape index (κ3) is 3.00. The van der Waals surface area contributed by atoms with E-state index in [1.165, 1.54) is 5.56 Å². The second-order valence-electron chi connectivity index (χ2n) is 5.08. The quantitative estimate of drug-likeness (QED) is 0.893. The summed E-state index contributed by atoms with van der Waals surface area (Å²) in [6.07, 6.45) is 7.39.